The number of ether oxygens (including phenoxy) is 2. The molecule has 0 aromatic heterocycles. The van der Waals surface area contributed by atoms with Crippen molar-refractivity contribution in [2.24, 2.45) is 0 Å². The molecule has 1 aliphatic carbocycles. The van der Waals surface area contributed by atoms with Crippen molar-refractivity contribution in [3.8, 4) is 11.8 Å². The highest BCUT2D eigenvalue weighted by atomic mass is 16.6. The Hall–Kier alpha value is -3.33. The summed E-state index contributed by atoms with van der Waals surface area (Å²) in [6.45, 7) is 1.25. The maximum Gasteiger partial charge on any atom is 0.344 e. The highest BCUT2D eigenvalue weighted by Gasteiger charge is 2.15. The molecule has 1 atom stereocenters. The second-order valence-electron chi connectivity index (χ2n) is 7.11. The van der Waals surface area contributed by atoms with Crippen LogP contribution < -0.4 is 10.1 Å². The van der Waals surface area contributed by atoms with Gasteiger partial charge in [-0.1, -0.05) is 18.2 Å². The summed E-state index contributed by atoms with van der Waals surface area (Å²) in [5.41, 5.74) is 4.31. The third-order valence-corrected chi connectivity index (χ3v) is 4.95. The van der Waals surface area contributed by atoms with Crippen molar-refractivity contribution >= 4 is 11.9 Å². The van der Waals surface area contributed by atoms with E-state index in [-0.39, 0.29) is 25.2 Å². The molecule has 0 saturated carbocycles. The zero-order valence-corrected chi connectivity index (χ0v) is 16.4. The fourth-order valence-electron chi connectivity index (χ4n) is 3.34. The molecule has 1 amide bonds. The molecular formula is C23H24N2O4. The maximum absolute atomic E-state index is 12.1. The monoisotopic (exact) mass is 392 g/mol. The summed E-state index contributed by atoms with van der Waals surface area (Å²) in [4.78, 5) is 23.9. The lowest BCUT2D eigenvalue weighted by Crippen LogP contribution is -2.32. The SMILES string of the molecule is CC(NC(=O)COC(=O)COc1ccc(C#N)cc1)c1ccc2c(c1)CCCC2. The van der Waals surface area contributed by atoms with Crippen molar-refractivity contribution in [3.05, 3.63) is 64.7 Å². The number of nitrogens with zero attached hydrogens (tertiary/aromatic N) is 1. The Morgan fingerprint density at radius 1 is 1.07 bits per heavy atom. The first-order valence-electron chi connectivity index (χ1n) is 9.75. The molecular weight excluding hydrogens is 368 g/mol. The molecule has 0 saturated heterocycles. The van der Waals surface area contributed by atoms with E-state index in [1.165, 1.54) is 24.0 Å². The third-order valence-electron chi connectivity index (χ3n) is 4.95. The Morgan fingerprint density at radius 3 is 2.52 bits per heavy atom. The Labute approximate surface area is 170 Å². The van der Waals surface area contributed by atoms with Crippen molar-refractivity contribution in [3.63, 3.8) is 0 Å². The van der Waals surface area contributed by atoms with Crippen LogP contribution in [0.2, 0.25) is 0 Å². The maximum atomic E-state index is 12.1. The van der Waals surface area contributed by atoms with Crippen LogP contribution >= 0.6 is 0 Å². The predicted octanol–water partition coefficient (Wildman–Crippen LogP) is 3.24. The zero-order valence-electron chi connectivity index (χ0n) is 16.4. The highest BCUT2D eigenvalue weighted by Crippen LogP contribution is 2.24. The Bertz CT molecular complexity index is 915. The summed E-state index contributed by atoms with van der Waals surface area (Å²) in [5, 5.41) is 11.6. The molecule has 1 N–H and O–H groups in total. The van der Waals surface area contributed by atoms with Gasteiger partial charge in [0.2, 0.25) is 0 Å². The summed E-state index contributed by atoms with van der Waals surface area (Å²) < 4.78 is 10.3. The minimum Gasteiger partial charge on any atom is -0.482 e. The first kappa shape index (κ1) is 20.4. The standard InChI is InChI=1S/C23H24N2O4/c1-16(19-9-8-18-4-2-3-5-20(18)12-19)25-22(26)14-29-23(27)15-28-21-10-6-17(13-24)7-11-21/h6-12,16H,2-5,14-15H2,1H3,(H,25,26). The molecule has 0 spiro atoms. The van der Waals surface area contributed by atoms with E-state index in [9.17, 15) is 9.59 Å². The highest BCUT2D eigenvalue weighted by molar-refractivity contribution is 5.81. The predicted molar refractivity (Wildman–Crippen MR) is 107 cm³/mol. The molecule has 0 fully saturated rings. The molecule has 6 nitrogen and oxygen atoms in total. The van der Waals surface area contributed by atoms with Crippen molar-refractivity contribution in [2.45, 2.75) is 38.6 Å². The van der Waals surface area contributed by atoms with Gasteiger partial charge in [-0.2, -0.15) is 5.26 Å². The molecule has 1 aliphatic rings. The van der Waals surface area contributed by atoms with E-state index < -0.39 is 5.97 Å². The largest absolute Gasteiger partial charge is 0.482 e. The first-order valence-corrected chi connectivity index (χ1v) is 9.75. The van der Waals surface area contributed by atoms with Crippen LogP contribution in [-0.4, -0.2) is 25.1 Å². The fraction of sp³-hybridized carbons (Fsp3) is 0.348. The number of amides is 1. The van der Waals surface area contributed by atoms with Crippen LogP contribution in [0.15, 0.2) is 42.5 Å². The molecule has 0 bridgehead atoms. The Kier molecular flexibility index (Phi) is 6.85. The number of carbonyl (C=O) groups is 2. The molecule has 0 aliphatic heterocycles. The molecule has 150 valence electrons. The van der Waals surface area contributed by atoms with Crippen LogP contribution in [0.1, 0.15) is 48.1 Å². The van der Waals surface area contributed by atoms with E-state index in [0.717, 1.165) is 18.4 Å². The van der Waals surface area contributed by atoms with Crippen LogP contribution in [0.3, 0.4) is 0 Å². The number of benzene rings is 2. The van der Waals surface area contributed by atoms with Crippen molar-refractivity contribution < 1.29 is 19.1 Å². The van der Waals surface area contributed by atoms with Gasteiger partial charge < -0.3 is 14.8 Å². The van der Waals surface area contributed by atoms with E-state index in [1.807, 2.05) is 19.1 Å². The molecule has 0 heterocycles. The van der Waals surface area contributed by atoms with Gasteiger partial charge in [0.05, 0.1) is 17.7 Å². The average molecular weight is 392 g/mol. The van der Waals surface area contributed by atoms with E-state index in [1.54, 1.807) is 24.3 Å². The lowest BCUT2D eigenvalue weighted by Gasteiger charge is -2.20. The normalized spacial score (nSPS) is 13.5. The van der Waals surface area contributed by atoms with Gasteiger partial charge in [-0.15, -0.1) is 0 Å². The number of nitriles is 1. The minimum absolute atomic E-state index is 0.164. The summed E-state index contributed by atoms with van der Waals surface area (Å²) >= 11 is 0. The average Bonchev–Trinajstić information content (AvgIpc) is 2.76. The molecule has 2 aromatic carbocycles. The summed E-state index contributed by atoms with van der Waals surface area (Å²) in [6.07, 6.45) is 4.65. The number of carbonyl (C=O) groups excluding carboxylic acids is 2. The van der Waals surface area contributed by atoms with Gasteiger partial charge in [0, 0.05) is 0 Å². The van der Waals surface area contributed by atoms with E-state index in [0.29, 0.717) is 11.3 Å². The smallest absolute Gasteiger partial charge is 0.344 e. The van der Waals surface area contributed by atoms with Crippen molar-refractivity contribution in [1.29, 1.82) is 5.26 Å². The quantitative estimate of drug-likeness (QED) is 0.731. The lowest BCUT2D eigenvalue weighted by molar-refractivity contribution is -0.150. The number of hydrogen-bond donors (Lipinski definition) is 1. The van der Waals surface area contributed by atoms with Crippen molar-refractivity contribution in [1.82, 2.24) is 5.32 Å². The number of rotatable bonds is 7. The number of fused-ring (bicyclic) bond motifs is 1. The van der Waals surface area contributed by atoms with Crippen LogP contribution in [0, 0.1) is 11.3 Å². The van der Waals surface area contributed by atoms with Crippen LogP contribution in [0.5, 0.6) is 5.75 Å². The fourth-order valence-corrected chi connectivity index (χ4v) is 3.34. The number of aryl methyl sites for hydroxylation is 2. The van der Waals surface area contributed by atoms with Crippen molar-refractivity contribution in [2.75, 3.05) is 13.2 Å². The molecule has 2 aromatic rings. The zero-order chi connectivity index (χ0) is 20.6. The van der Waals surface area contributed by atoms with Gasteiger partial charge in [-0.3, -0.25) is 4.79 Å². The number of esters is 1. The Morgan fingerprint density at radius 2 is 1.79 bits per heavy atom. The lowest BCUT2D eigenvalue weighted by atomic mass is 9.89. The summed E-state index contributed by atoms with van der Waals surface area (Å²) in [5.74, 6) is -0.542. The molecule has 3 rings (SSSR count). The molecule has 0 radical (unpaired) electrons. The van der Waals surface area contributed by atoms with Gasteiger partial charge >= 0.3 is 5.97 Å². The van der Waals surface area contributed by atoms with Gasteiger partial charge in [0.1, 0.15) is 5.75 Å². The third kappa shape index (κ3) is 5.82. The van der Waals surface area contributed by atoms with Gasteiger partial charge in [-0.25, -0.2) is 4.79 Å². The number of nitrogens with one attached hydrogen (secondary N) is 1. The Balaban J connectivity index is 1.41. The van der Waals surface area contributed by atoms with E-state index >= 15 is 0 Å². The molecule has 29 heavy (non-hydrogen) atoms. The van der Waals surface area contributed by atoms with Gasteiger partial charge in [0.25, 0.3) is 5.91 Å². The van der Waals surface area contributed by atoms with E-state index in [4.69, 9.17) is 14.7 Å². The second-order valence-corrected chi connectivity index (χ2v) is 7.11. The second kappa shape index (κ2) is 9.74. The summed E-state index contributed by atoms with van der Waals surface area (Å²) in [6, 6.07) is 14.6. The van der Waals surface area contributed by atoms with E-state index in [2.05, 4.69) is 17.4 Å². The van der Waals surface area contributed by atoms with Crippen LogP contribution in [0.25, 0.3) is 0 Å². The summed E-state index contributed by atoms with van der Waals surface area (Å²) in [7, 11) is 0. The molecule has 1 unspecified atom stereocenters. The molecule has 6 heteroatoms. The topological polar surface area (TPSA) is 88.4 Å². The van der Waals surface area contributed by atoms with Gasteiger partial charge in [0.15, 0.2) is 13.2 Å². The minimum atomic E-state index is -0.633. The first-order chi connectivity index (χ1) is 14.0. The van der Waals surface area contributed by atoms with Crippen LogP contribution in [-0.2, 0) is 27.2 Å². The number of hydrogen-bond acceptors (Lipinski definition) is 5. The van der Waals surface area contributed by atoms with Gasteiger partial charge in [-0.05, 0) is 73.6 Å². The van der Waals surface area contributed by atoms with Crippen LogP contribution in [0.4, 0.5) is 0 Å².